The highest BCUT2D eigenvalue weighted by Gasteiger charge is 2.07. The Bertz CT molecular complexity index is 376. The molecule has 15 heavy (non-hydrogen) atoms. The van der Waals surface area contributed by atoms with E-state index in [2.05, 4.69) is 10.1 Å². The van der Waals surface area contributed by atoms with Crippen LogP contribution in [0.5, 0.6) is 0 Å². The number of ether oxygens (including phenoxy) is 1. The largest absolute Gasteiger partial charge is 0.465 e. The quantitative estimate of drug-likeness (QED) is 0.669. The Labute approximate surface area is 101 Å². The van der Waals surface area contributed by atoms with Gasteiger partial charge in [-0.05, 0) is 12.3 Å². The van der Waals surface area contributed by atoms with Gasteiger partial charge in [-0.25, -0.2) is 4.79 Å². The van der Waals surface area contributed by atoms with E-state index in [1.54, 1.807) is 12.3 Å². The van der Waals surface area contributed by atoms with Crippen molar-refractivity contribution in [2.45, 2.75) is 0 Å². The molecular formula is C9H10ClNO2S2. The van der Waals surface area contributed by atoms with Gasteiger partial charge in [0.1, 0.15) is 4.91 Å². The molecule has 0 aromatic carbocycles. The van der Waals surface area contributed by atoms with Crippen LogP contribution in [0.2, 0.25) is 4.34 Å². The summed E-state index contributed by atoms with van der Waals surface area (Å²) in [4.78, 5) is 11.7. The average molecular weight is 264 g/mol. The topological polar surface area (TPSA) is 38.3 Å². The van der Waals surface area contributed by atoms with Crippen LogP contribution in [0.3, 0.4) is 0 Å². The molecule has 0 aliphatic carbocycles. The number of carbonyl (C=O) groups excluding carboxylic acids is 1. The number of nitrogens with one attached hydrogen (secondary N) is 1. The molecule has 1 heterocycles. The molecular weight excluding hydrogens is 254 g/mol. The van der Waals surface area contributed by atoms with Crippen LogP contribution in [0.4, 0.5) is 5.69 Å². The summed E-state index contributed by atoms with van der Waals surface area (Å²) < 4.78 is 5.31. The van der Waals surface area contributed by atoms with Gasteiger partial charge in [-0.15, -0.1) is 23.1 Å². The fourth-order valence-corrected chi connectivity index (χ4v) is 2.09. The van der Waals surface area contributed by atoms with Crippen LogP contribution in [0.1, 0.15) is 0 Å². The lowest BCUT2D eigenvalue weighted by atomic mass is 10.5. The molecule has 0 aliphatic heterocycles. The first-order chi connectivity index (χ1) is 7.17. The van der Waals surface area contributed by atoms with Gasteiger partial charge in [0.05, 0.1) is 17.1 Å². The van der Waals surface area contributed by atoms with Gasteiger partial charge < -0.3 is 10.1 Å². The summed E-state index contributed by atoms with van der Waals surface area (Å²) in [6.45, 7) is 0. The predicted molar refractivity (Wildman–Crippen MR) is 66.6 cm³/mol. The number of halogens is 1. The van der Waals surface area contributed by atoms with E-state index in [1.165, 1.54) is 30.2 Å². The molecule has 0 amide bonds. The molecule has 1 rings (SSSR count). The number of thiophene rings is 1. The first-order valence-electron chi connectivity index (χ1n) is 4.00. The summed E-state index contributed by atoms with van der Waals surface area (Å²) >= 11 is 8.51. The number of thioether (sulfide) groups is 1. The van der Waals surface area contributed by atoms with Crippen LogP contribution in [-0.2, 0) is 9.53 Å². The van der Waals surface area contributed by atoms with Crippen molar-refractivity contribution in [2.24, 2.45) is 0 Å². The van der Waals surface area contributed by atoms with Crippen molar-refractivity contribution in [3.63, 3.8) is 0 Å². The highest BCUT2D eigenvalue weighted by Crippen LogP contribution is 2.24. The van der Waals surface area contributed by atoms with Gasteiger partial charge in [0, 0.05) is 11.6 Å². The molecule has 6 heteroatoms. The summed E-state index contributed by atoms with van der Waals surface area (Å²) in [5.41, 5.74) is 0.862. The molecule has 1 N–H and O–H groups in total. The molecule has 1 aromatic heterocycles. The second-order valence-electron chi connectivity index (χ2n) is 2.49. The monoisotopic (exact) mass is 263 g/mol. The highest BCUT2D eigenvalue weighted by atomic mass is 35.5. The molecule has 0 radical (unpaired) electrons. The van der Waals surface area contributed by atoms with E-state index in [0.29, 0.717) is 9.24 Å². The van der Waals surface area contributed by atoms with Gasteiger partial charge in [-0.3, -0.25) is 0 Å². The molecule has 1 aromatic rings. The van der Waals surface area contributed by atoms with Crippen LogP contribution < -0.4 is 5.32 Å². The number of carbonyl (C=O) groups is 1. The maximum atomic E-state index is 11.2. The van der Waals surface area contributed by atoms with Crippen molar-refractivity contribution < 1.29 is 9.53 Å². The number of hydrogen-bond donors (Lipinski definition) is 1. The third-order valence-corrected chi connectivity index (χ3v) is 3.36. The van der Waals surface area contributed by atoms with Crippen molar-refractivity contribution in [2.75, 3.05) is 18.7 Å². The van der Waals surface area contributed by atoms with Crippen molar-refractivity contribution in [1.82, 2.24) is 0 Å². The fourth-order valence-electron chi connectivity index (χ4n) is 0.836. The normalized spacial score (nSPS) is 11.3. The Morgan fingerprint density at radius 3 is 2.93 bits per heavy atom. The van der Waals surface area contributed by atoms with Crippen LogP contribution in [0.25, 0.3) is 0 Å². The second-order valence-corrected chi connectivity index (χ2v) is 4.88. The number of rotatable bonds is 4. The minimum atomic E-state index is -0.351. The zero-order valence-corrected chi connectivity index (χ0v) is 10.6. The van der Waals surface area contributed by atoms with Crippen LogP contribution in [0, 0.1) is 0 Å². The van der Waals surface area contributed by atoms with E-state index >= 15 is 0 Å². The second kappa shape index (κ2) is 6.05. The summed E-state index contributed by atoms with van der Waals surface area (Å²) in [7, 11) is 1.36. The fraction of sp³-hybridized carbons (Fsp3) is 0.222. The SMILES string of the molecule is COC(=O)C(=CNc1csc(Cl)c1)SC. The smallest absolute Gasteiger partial charge is 0.345 e. The van der Waals surface area contributed by atoms with Gasteiger partial charge in [-0.2, -0.15) is 0 Å². The van der Waals surface area contributed by atoms with Gasteiger partial charge >= 0.3 is 5.97 Å². The molecule has 82 valence electrons. The number of hydrogen-bond acceptors (Lipinski definition) is 5. The molecule has 0 spiro atoms. The van der Waals surface area contributed by atoms with Crippen molar-refractivity contribution >= 4 is 46.4 Å². The van der Waals surface area contributed by atoms with Crippen molar-refractivity contribution in [3.05, 3.63) is 26.9 Å². The Morgan fingerprint density at radius 1 is 1.73 bits per heavy atom. The predicted octanol–water partition coefficient (Wildman–Crippen LogP) is 3.19. The minimum Gasteiger partial charge on any atom is -0.465 e. The third kappa shape index (κ3) is 3.77. The van der Waals surface area contributed by atoms with Crippen LogP contribution in [0.15, 0.2) is 22.6 Å². The molecule has 0 aliphatic rings. The molecule has 0 saturated carbocycles. The van der Waals surface area contributed by atoms with E-state index < -0.39 is 0 Å². The average Bonchev–Trinajstić information content (AvgIpc) is 2.64. The van der Waals surface area contributed by atoms with E-state index in [-0.39, 0.29) is 5.97 Å². The summed E-state index contributed by atoms with van der Waals surface area (Å²) in [5, 5.41) is 4.84. The highest BCUT2D eigenvalue weighted by molar-refractivity contribution is 8.03. The Morgan fingerprint density at radius 2 is 2.47 bits per heavy atom. The Kier molecular flexibility index (Phi) is 5.01. The molecule has 0 bridgehead atoms. The van der Waals surface area contributed by atoms with E-state index in [4.69, 9.17) is 11.6 Å². The van der Waals surface area contributed by atoms with Crippen LogP contribution >= 0.6 is 34.7 Å². The lowest BCUT2D eigenvalue weighted by Crippen LogP contribution is -2.03. The maximum Gasteiger partial charge on any atom is 0.345 e. The molecule has 3 nitrogen and oxygen atoms in total. The van der Waals surface area contributed by atoms with Gasteiger partial charge in [0.25, 0.3) is 0 Å². The van der Waals surface area contributed by atoms with Gasteiger partial charge in [-0.1, -0.05) is 11.6 Å². The number of anilines is 1. The zero-order chi connectivity index (χ0) is 11.3. The van der Waals surface area contributed by atoms with E-state index in [1.807, 2.05) is 11.6 Å². The summed E-state index contributed by atoms with van der Waals surface area (Å²) in [6.07, 6.45) is 3.42. The van der Waals surface area contributed by atoms with Gasteiger partial charge in [0.15, 0.2) is 0 Å². The van der Waals surface area contributed by atoms with E-state index in [0.717, 1.165) is 5.69 Å². The first-order valence-corrected chi connectivity index (χ1v) is 6.48. The standard InChI is InChI=1S/C9H10ClNO2S2/c1-13-9(12)7(14-2)4-11-6-3-8(10)15-5-6/h3-5,11H,1-2H3. The number of methoxy groups -OCH3 is 1. The molecule has 0 atom stereocenters. The molecule has 0 unspecified atom stereocenters. The van der Waals surface area contributed by atoms with E-state index in [9.17, 15) is 4.79 Å². The number of esters is 1. The molecule has 0 fully saturated rings. The van der Waals surface area contributed by atoms with Gasteiger partial charge in [0.2, 0.25) is 0 Å². The van der Waals surface area contributed by atoms with Crippen molar-refractivity contribution in [1.29, 1.82) is 0 Å². The maximum absolute atomic E-state index is 11.2. The van der Waals surface area contributed by atoms with Crippen LogP contribution in [-0.4, -0.2) is 19.3 Å². The summed E-state index contributed by atoms with van der Waals surface area (Å²) in [5.74, 6) is -0.351. The summed E-state index contributed by atoms with van der Waals surface area (Å²) in [6, 6.07) is 1.79. The Hall–Kier alpha value is -0.650. The Balaban J connectivity index is 2.66. The molecule has 0 saturated heterocycles. The lowest BCUT2D eigenvalue weighted by Gasteiger charge is -2.02. The first kappa shape index (κ1) is 12.4. The zero-order valence-electron chi connectivity index (χ0n) is 8.24. The van der Waals surface area contributed by atoms with Crippen molar-refractivity contribution in [3.8, 4) is 0 Å². The third-order valence-electron chi connectivity index (χ3n) is 1.54. The minimum absolute atomic E-state index is 0.351. The lowest BCUT2D eigenvalue weighted by molar-refractivity contribution is -0.135.